The Morgan fingerprint density at radius 3 is 2.46 bits per heavy atom. The van der Waals surface area contributed by atoms with E-state index in [1.54, 1.807) is 0 Å². The molecule has 132 valence electrons. The lowest BCUT2D eigenvalue weighted by molar-refractivity contribution is 0.0195. The van der Waals surface area contributed by atoms with Gasteiger partial charge in [-0.2, -0.15) is 0 Å². The molecule has 2 aliphatic rings. The fourth-order valence-electron chi connectivity index (χ4n) is 4.01. The van der Waals surface area contributed by atoms with Crippen molar-refractivity contribution in [2.45, 2.75) is 64.1 Å². The molecule has 2 fully saturated rings. The lowest BCUT2D eigenvalue weighted by Gasteiger charge is -2.38. The first kappa shape index (κ1) is 17.4. The van der Waals surface area contributed by atoms with Crippen molar-refractivity contribution in [3.8, 4) is 0 Å². The molecule has 0 spiro atoms. The Hall–Kier alpha value is -1.39. The number of aliphatic hydroxyl groups excluding tert-OH is 1. The van der Waals surface area contributed by atoms with Crippen molar-refractivity contribution >= 4 is 5.91 Å². The molecule has 1 aromatic carbocycles. The maximum Gasteiger partial charge on any atom is 0.253 e. The van der Waals surface area contributed by atoms with Crippen molar-refractivity contribution in [1.82, 2.24) is 9.80 Å². The highest BCUT2D eigenvalue weighted by atomic mass is 16.3. The van der Waals surface area contributed by atoms with Gasteiger partial charge in [0.25, 0.3) is 5.91 Å². The van der Waals surface area contributed by atoms with Crippen molar-refractivity contribution < 1.29 is 9.90 Å². The molecule has 1 amide bonds. The van der Waals surface area contributed by atoms with Gasteiger partial charge in [-0.05, 0) is 56.3 Å². The normalized spacial score (nSPS) is 23.4. The molecule has 0 radical (unpaired) electrons. The lowest BCUT2D eigenvalue weighted by Crippen LogP contribution is -2.46. The van der Waals surface area contributed by atoms with Gasteiger partial charge in [-0.25, -0.2) is 0 Å². The fraction of sp³-hybridized carbons (Fsp3) is 0.650. The van der Waals surface area contributed by atoms with E-state index in [4.69, 9.17) is 0 Å². The number of rotatable bonds is 5. The zero-order valence-corrected chi connectivity index (χ0v) is 14.8. The molecule has 2 heterocycles. The molecule has 0 saturated carbocycles. The van der Waals surface area contributed by atoms with Gasteiger partial charge in [-0.15, -0.1) is 0 Å². The monoisotopic (exact) mass is 330 g/mol. The Bertz CT molecular complexity index is 537. The molecule has 4 heteroatoms. The van der Waals surface area contributed by atoms with E-state index in [0.29, 0.717) is 0 Å². The summed E-state index contributed by atoms with van der Waals surface area (Å²) >= 11 is 0. The van der Waals surface area contributed by atoms with Gasteiger partial charge in [0.2, 0.25) is 0 Å². The minimum absolute atomic E-state index is 0.163. The van der Waals surface area contributed by atoms with E-state index in [1.807, 2.05) is 17.0 Å². The molecule has 3 rings (SSSR count). The second-order valence-electron chi connectivity index (χ2n) is 7.21. The van der Waals surface area contributed by atoms with Gasteiger partial charge >= 0.3 is 0 Å². The number of carbonyl (C=O) groups excluding carboxylic acids is 1. The van der Waals surface area contributed by atoms with Crippen LogP contribution in [0.5, 0.6) is 0 Å². The van der Waals surface area contributed by atoms with Gasteiger partial charge in [0.15, 0.2) is 0 Å². The molecule has 4 nitrogen and oxygen atoms in total. The van der Waals surface area contributed by atoms with Crippen molar-refractivity contribution in [2.75, 3.05) is 19.6 Å². The highest BCUT2D eigenvalue weighted by Crippen LogP contribution is 2.23. The van der Waals surface area contributed by atoms with Gasteiger partial charge in [0.05, 0.1) is 6.10 Å². The minimum atomic E-state index is -0.235. The summed E-state index contributed by atoms with van der Waals surface area (Å²) in [5.41, 5.74) is 2.02. The molecule has 2 aliphatic heterocycles. The van der Waals surface area contributed by atoms with E-state index in [1.165, 1.54) is 18.4 Å². The second-order valence-corrected chi connectivity index (χ2v) is 7.21. The Morgan fingerprint density at radius 2 is 1.79 bits per heavy atom. The summed E-state index contributed by atoms with van der Waals surface area (Å²) < 4.78 is 0. The van der Waals surface area contributed by atoms with Crippen LogP contribution in [0.15, 0.2) is 24.3 Å². The smallest absolute Gasteiger partial charge is 0.253 e. The summed E-state index contributed by atoms with van der Waals surface area (Å²) in [4.78, 5) is 16.8. The van der Waals surface area contributed by atoms with Crippen molar-refractivity contribution in [1.29, 1.82) is 0 Å². The lowest BCUT2D eigenvalue weighted by atomic mass is 9.95. The van der Waals surface area contributed by atoms with Crippen LogP contribution in [0.1, 0.15) is 61.4 Å². The fourth-order valence-corrected chi connectivity index (χ4v) is 4.01. The SMILES string of the molecule is CCC(O)C1CCCCN1Cc1ccc(C(=O)N2CCCC2)cc1. The van der Waals surface area contributed by atoms with Crippen molar-refractivity contribution in [2.24, 2.45) is 0 Å². The summed E-state index contributed by atoms with van der Waals surface area (Å²) in [7, 11) is 0. The third-order valence-electron chi connectivity index (χ3n) is 5.51. The maximum absolute atomic E-state index is 12.4. The molecule has 0 aromatic heterocycles. The molecule has 1 N–H and O–H groups in total. The molecule has 2 unspecified atom stereocenters. The first-order valence-electron chi connectivity index (χ1n) is 9.49. The number of piperidine rings is 1. The Labute approximate surface area is 145 Å². The Balaban J connectivity index is 1.63. The zero-order valence-electron chi connectivity index (χ0n) is 14.8. The molecule has 0 aliphatic carbocycles. The molecule has 2 saturated heterocycles. The van der Waals surface area contributed by atoms with Crippen LogP contribution in [0.3, 0.4) is 0 Å². The molecular formula is C20H30N2O2. The first-order chi connectivity index (χ1) is 11.7. The predicted molar refractivity (Wildman–Crippen MR) is 95.9 cm³/mol. The topological polar surface area (TPSA) is 43.8 Å². The molecule has 1 aromatic rings. The van der Waals surface area contributed by atoms with Gasteiger partial charge in [0.1, 0.15) is 0 Å². The number of aliphatic hydroxyl groups is 1. The molecule has 24 heavy (non-hydrogen) atoms. The largest absolute Gasteiger partial charge is 0.392 e. The van der Waals surface area contributed by atoms with E-state index in [-0.39, 0.29) is 18.1 Å². The van der Waals surface area contributed by atoms with Gasteiger partial charge in [-0.3, -0.25) is 9.69 Å². The van der Waals surface area contributed by atoms with E-state index in [2.05, 4.69) is 24.0 Å². The minimum Gasteiger partial charge on any atom is -0.392 e. The number of amides is 1. The summed E-state index contributed by atoms with van der Waals surface area (Å²) in [6, 6.07) is 8.35. The first-order valence-corrected chi connectivity index (χ1v) is 9.49. The summed E-state index contributed by atoms with van der Waals surface area (Å²) in [5.74, 6) is 0.163. The van der Waals surface area contributed by atoms with Crippen LogP contribution in [-0.2, 0) is 6.54 Å². The van der Waals surface area contributed by atoms with Crippen molar-refractivity contribution in [3.05, 3.63) is 35.4 Å². The zero-order chi connectivity index (χ0) is 16.9. The Morgan fingerprint density at radius 1 is 1.12 bits per heavy atom. The van der Waals surface area contributed by atoms with Crippen LogP contribution in [-0.4, -0.2) is 52.6 Å². The number of carbonyl (C=O) groups is 1. The average molecular weight is 330 g/mol. The van der Waals surface area contributed by atoms with Crippen LogP contribution < -0.4 is 0 Å². The van der Waals surface area contributed by atoms with Crippen LogP contribution in [0.4, 0.5) is 0 Å². The van der Waals surface area contributed by atoms with E-state index in [0.717, 1.165) is 57.4 Å². The number of hydrogen-bond donors (Lipinski definition) is 1. The number of benzene rings is 1. The van der Waals surface area contributed by atoms with Gasteiger partial charge < -0.3 is 10.0 Å². The van der Waals surface area contributed by atoms with Crippen LogP contribution in [0.25, 0.3) is 0 Å². The average Bonchev–Trinajstić information content (AvgIpc) is 3.16. The summed E-state index contributed by atoms with van der Waals surface area (Å²) in [5, 5.41) is 10.3. The third kappa shape index (κ3) is 3.98. The summed E-state index contributed by atoms with van der Waals surface area (Å²) in [6.07, 6.45) is 6.33. The molecule has 0 bridgehead atoms. The predicted octanol–water partition coefficient (Wildman–Crippen LogP) is 3.05. The summed E-state index contributed by atoms with van der Waals surface area (Å²) in [6.45, 7) is 5.75. The standard InChI is InChI=1S/C20H30N2O2/c1-2-19(23)18-7-3-4-14-22(18)15-16-8-10-17(11-9-16)20(24)21-12-5-6-13-21/h8-11,18-19,23H,2-7,12-15H2,1H3. The van der Waals surface area contributed by atoms with E-state index >= 15 is 0 Å². The number of nitrogens with zero attached hydrogens (tertiary/aromatic N) is 2. The Kier molecular flexibility index (Phi) is 5.90. The highest BCUT2D eigenvalue weighted by molar-refractivity contribution is 5.94. The van der Waals surface area contributed by atoms with Crippen LogP contribution >= 0.6 is 0 Å². The van der Waals surface area contributed by atoms with E-state index < -0.39 is 0 Å². The molecule has 2 atom stereocenters. The van der Waals surface area contributed by atoms with Crippen LogP contribution in [0, 0.1) is 0 Å². The van der Waals surface area contributed by atoms with Crippen molar-refractivity contribution in [3.63, 3.8) is 0 Å². The number of likely N-dealkylation sites (tertiary alicyclic amines) is 2. The number of hydrogen-bond acceptors (Lipinski definition) is 3. The van der Waals surface area contributed by atoms with Gasteiger partial charge in [0, 0.05) is 31.2 Å². The maximum atomic E-state index is 12.4. The van der Waals surface area contributed by atoms with Gasteiger partial charge in [-0.1, -0.05) is 25.5 Å². The van der Waals surface area contributed by atoms with Crippen LogP contribution in [0.2, 0.25) is 0 Å². The third-order valence-corrected chi connectivity index (χ3v) is 5.51. The van der Waals surface area contributed by atoms with E-state index in [9.17, 15) is 9.90 Å². The quantitative estimate of drug-likeness (QED) is 0.902. The highest BCUT2D eigenvalue weighted by Gasteiger charge is 2.27. The second kappa shape index (κ2) is 8.13. The molecular weight excluding hydrogens is 300 g/mol.